The van der Waals surface area contributed by atoms with Crippen LogP contribution in [0.25, 0.3) is 10.8 Å². The van der Waals surface area contributed by atoms with Gasteiger partial charge in [-0.1, -0.05) is 24.3 Å². The van der Waals surface area contributed by atoms with Crippen LogP contribution in [0.5, 0.6) is 11.8 Å². The molecule has 5 heteroatoms. The van der Waals surface area contributed by atoms with Crippen LogP contribution in [0.15, 0.2) is 42.7 Å². The van der Waals surface area contributed by atoms with Crippen LogP contribution in [-0.2, 0) is 7.05 Å². The second-order valence-electron chi connectivity index (χ2n) is 4.07. The first kappa shape index (κ1) is 11.2. The molecule has 0 atom stereocenters. The van der Waals surface area contributed by atoms with Crippen molar-refractivity contribution in [3.8, 4) is 17.8 Å². The molecule has 0 saturated heterocycles. The Labute approximate surface area is 109 Å². The van der Waals surface area contributed by atoms with E-state index in [9.17, 15) is 0 Å². The van der Waals surface area contributed by atoms with Crippen LogP contribution in [0, 0.1) is 11.3 Å². The summed E-state index contributed by atoms with van der Waals surface area (Å²) in [4.78, 5) is 4.03. The minimum absolute atomic E-state index is 0.289. The molecule has 19 heavy (non-hydrogen) atoms. The van der Waals surface area contributed by atoms with Crippen LogP contribution in [0.2, 0.25) is 0 Å². The Morgan fingerprint density at radius 2 is 1.95 bits per heavy atom. The number of aromatic nitrogens is 3. The largest absolute Gasteiger partial charge is 0.423 e. The van der Waals surface area contributed by atoms with Crippen molar-refractivity contribution in [2.75, 3.05) is 0 Å². The van der Waals surface area contributed by atoms with E-state index in [1.807, 2.05) is 24.3 Å². The average molecular weight is 250 g/mol. The van der Waals surface area contributed by atoms with Crippen molar-refractivity contribution >= 4 is 10.8 Å². The molecule has 0 spiro atoms. The van der Waals surface area contributed by atoms with Gasteiger partial charge in [0.15, 0.2) is 0 Å². The summed E-state index contributed by atoms with van der Waals surface area (Å²) in [7, 11) is 1.77. The van der Waals surface area contributed by atoms with Crippen molar-refractivity contribution in [2.24, 2.45) is 7.05 Å². The third-order valence-electron chi connectivity index (χ3n) is 2.78. The summed E-state index contributed by atoms with van der Waals surface area (Å²) in [5, 5.41) is 14.9. The number of nitrogens with zero attached hydrogens (tertiary/aromatic N) is 4. The number of benzene rings is 2. The van der Waals surface area contributed by atoms with E-state index in [2.05, 4.69) is 16.2 Å². The molecule has 2 aromatic carbocycles. The quantitative estimate of drug-likeness (QED) is 0.701. The third kappa shape index (κ3) is 2.00. The highest BCUT2D eigenvalue weighted by atomic mass is 16.5. The van der Waals surface area contributed by atoms with E-state index in [1.165, 1.54) is 0 Å². The van der Waals surface area contributed by atoms with E-state index in [0.29, 0.717) is 11.3 Å². The van der Waals surface area contributed by atoms with E-state index in [-0.39, 0.29) is 6.01 Å². The van der Waals surface area contributed by atoms with Crippen LogP contribution >= 0.6 is 0 Å². The zero-order chi connectivity index (χ0) is 13.2. The molecule has 0 aliphatic heterocycles. The van der Waals surface area contributed by atoms with Gasteiger partial charge in [-0.2, -0.15) is 10.2 Å². The van der Waals surface area contributed by atoms with Gasteiger partial charge in [0.05, 0.1) is 11.6 Å². The van der Waals surface area contributed by atoms with Crippen molar-refractivity contribution in [3.05, 3.63) is 48.3 Å². The number of hydrogen-bond acceptors (Lipinski definition) is 4. The smallest absolute Gasteiger partial charge is 0.340 e. The Hall–Kier alpha value is -2.87. The second-order valence-corrected chi connectivity index (χ2v) is 4.07. The topological polar surface area (TPSA) is 63.7 Å². The first-order valence-corrected chi connectivity index (χ1v) is 5.73. The van der Waals surface area contributed by atoms with Crippen LogP contribution in [-0.4, -0.2) is 14.8 Å². The molecular weight excluding hydrogens is 240 g/mol. The lowest BCUT2D eigenvalue weighted by molar-refractivity contribution is 0.443. The highest BCUT2D eigenvalue weighted by Crippen LogP contribution is 2.30. The predicted octanol–water partition coefficient (Wildman–Crippen LogP) is 2.63. The van der Waals surface area contributed by atoms with E-state index < -0.39 is 0 Å². The molecule has 0 amide bonds. The number of ether oxygens (including phenoxy) is 1. The van der Waals surface area contributed by atoms with Crippen molar-refractivity contribution in [1.29, 1.82) is 5.26 Å². The van der Waals surface area contributed by atoms with Crippen LogP contribution < -0.4 is 4.74 Å². The molecule has 0 bridgehead atoms. The van der Waals surface area contributed by atoms with Gasteiger partial charge in [-0.05, 0) is 12.1 Å². The van der Waals surface area contributed by atoms with Gasteiger partial charge in [-0.15, -0.1) is 5.10 Å². The number of aryl methyl sites for hydroxylation is 1. The summed E-state index contributed by atoms with van der Waals surface area (Å²) in [6, 6.07) is 13.6. The van der Waals surface area contributed by atoms with Gasteiger partial charge in [-0.3, -0.25) is 4.68 Å². The van der Waals surface area contributed by atoms with Crippen molar-refractivity contribution in [3.63, 3.8) is 0 Å². The SMILES string of the molecule is Cn1cnc(Oc2ccc(C#N)c3ccccc23)n1. The molecule has 3 rings (SSSR count). The van der Waals surface area contributed by atoms with Gasteiger partial charge in [-0.25, -0.2) is 0 Å². The standard InChI is InChI=1S/C14H10N4O/c1-18-9-16-14(17-18)19-13-7-6-10(8-15)11-4-2-3-5-12(11)13/h2-7,9H,1H3. The van der Waals surface area contributed by atoms with Gasteiger partial charge in [0, 0.05) is 17.8 Å². The van der Waals surface area contributed by atoms with Crippen LogP contribution in [0.4, 0.5) is 0 Å². The summed E-state index contributed by atoms with van der Waals surface area (Å²) in [6.45, 7) is 0. The third-order valence-corrected chi connectivity index (χ3v) is 2.78. The van der Waals surface area contributed by atoms with Crippen LogP contribution in [0.1, 0.15) is 5.56 Å². The van der Waals surface area contributed by atoms with Crippen molar-refractivity contribution in [2.45, 2.75) is 0 Å². The summed E-state index contributed by atoms with van der Waals surface area (Å²) in [5.41, 5.74) is 0.622. The molecule has 0 N–H and O–H groups in total. The fourth-order valence-electron chi connectivity index (χ4n) is 1.92. The summed E-state index contributed by atoms with van der Waals surface area (Å²) in [5.74, 6) is 0.640. The van der Waals surface area contributed by atoms with E-state index in [1.54, 1.807) is 30.2 Å². The highest BCUT2D eigenvalue weighted by Gasteiger charge is 2.09. The first-order chi connectivity index (χ1) is 9.28. The zero-order valence-corrected chi connectivity index (χ0v) is 10.2. The minimum Gasteiger partial charge on any atom is -0.423 e. The molecule has 0 radical (unpaired) electrons. The second kappa shape index (κ2) is 4.42. The van der Waals surface area contributed by atoms with Gasteiger partial charge in [0.25, 0.3) is 0 Å². The Kier molecular flexibility index (Phi) is 2.62. The maximum Gasteiger partial charge on any atom is 0.340 e. The maximum absolute atomic E-state index is 9.10. The average Bonchev–Trinajstić information content (AvgIpc) is 2.85. The summed E-state index contributed by atoms with van der Waals surface area (Å²) in [6.07, 6.45) is 1.57. The summed E-state index contributed by atoms with van der Waals surface area (Å²) >= 11 is 0. The fourth-order valence-corrected chi connectivity index (χ4v) is 1.92. The monoisotopic (exact) mass is 250 g/mol. The zero-order valence-electron chi connectivity index (χ0n) is 10.2. The lowest BCUT2D eigenvalue weighted by atomic mass is 10.0. The van der Waals surface area contributed by atoms with E-state index in [0.717, 1.165) is 10.8 Å². The molecule has 5 nitrogen and oxygen atoms in total. The number of nitriles is 1. The highest BCUT2D eigenvalue weighted by molar-refractivity contribution is 5.92. The summed E-state index contributed by atoms with van der Waals surface area (Å²) < 4.78 is 7.23. The molecule has 0 aliphatic rings. The lowest BCUT2D eigenvalue weighted by Crippen LogP contribution is -1.91. The number of hydrogen-bond donors (Lipinski definition) is 0. The molecule has 3 aromatic rings. The molecule has 0 unspecified atom stereocenters. The molecular formula is C14H10N4O. The van der Waals surface area contributed by atoms with Gasteiger partial charge in [0.1, 0.15) is 12.1 Å². The fraction of sp³-hybridized carbons (Fsp3) is 0.0714. The van der Waals surface area contributed by atoms with E-state index >= 15 is 0 Å². The molecule has 0 aliphatic carbocycles. The normalized spacial score (nSPS) is 10.3. The molecule has 0 saturated carbocycles. The maximum atomic E-state index is 9.10. The van der Waals surface area contributed by atoms with Crippen molar-refractivity contribution < 1.29 is 4.74 Å². The Bertz CT molecular complexity index is 785. The minimum atomic E-state index is 0.289. The molecule has 0 fully saturated rings. The number of fused-ring (bicyclic) bond motifs is 1. The van der Waals surface area contributed by atoms with Crippen LogP contribution in [0.3, 0.4) is 0 Å². The van der Waals surface area contributed by atoms with Gasteiger partial charge in [0.2, 0.25) is 0 Å². The first-order valence-electron chi connectivity index (χ1n) is 5.73. The molecule has 1 heterocycles. The van der Waals surface area contributed by atoms with Gasteiger partial charge < -0.3 is 4.74 Å². The number of rotatable bonds is 2. The van der Waals surface area contributed by atoms with Crippen molar-refractivity contribution in [1.82, 2.24) is 14.8 Å². The molecule has 92 valence electrons. The van der Waals surface area contributed by atoms with Gasteiger partial charge >= 0.3 is 6.01 Å². The lowest BCUT2D eigenvalue weighted by Gasteiger charge is -2.06. The Balaban J connectivity index is 2.12. The molecule has 1 aromatic heterocycles. The van der Waals surface area contributed by atoms with E-state index in [4.69, 9.17) is 10.00 Å². The predicted molar refractivity (Wildman–Crippen MR) is 69.7 cm³/mol. The Morgan fingerprint density at radius 1 is 1.16 bits per heavy atom. The Morgan fingerprint density at radius 3 is 2.63 bits per heavy atom.